The average molecular weight is 655 g/mol. The van der Waals surface area contributed by atoms with E-state index in [4.69, 9.17) is 28.9 Å². The third kappa shape index (κ3) is 6.47. The molecule has 1 fully saturated rings. The third-order valence-electron chi connectivity index (χ3n) is 7.27. The second-order valence-corrected chi connectivity index (χ2v) is 15.8. The number of nitrogens with zero attached hydrogens (tertiary/aromatic N) is 4. The van der Waals surface area contributed by atoms with Crippen LogP contribution in [0.5, 0.6) is 0 Å². The monoisotopic (exact) mass is 653 g/mol. The first-order chi connectivity index (χ1) is 19.7. The molecular weight excluding hydrogens is 625 g/mol. The van der Waals surface area contributed by atoms with Crippen LogP contribution in [0.2, 0.25) is 10.0 Å². The van der Waals surface area contributed by atoms with Gasteiger partial charge in [-0.3, -0.25) is 4.79 Å². The molecule has 0 aliphatic carbocycles. The summed E-state index contributed by atoms with van der Waals surface area (Å²) in [5.41, 5.74) is 7.91. The molecule has 0 radical (unpaired) electrons. The van der Waals surface area contributed by atoms with E-state index in [1.165, 1.54) is 17.3 Å². The van der Waals surface area contributed by atoms with Gasteiger partial charge in [-0.25, -0.2) is 31.8 Å². The molecular formula is C26H29Cl2N7O5S2. The molecule has 0 spiro atoms. The second kappa shape index (κ2) is 11.6. The van der Waals surface area contributed by atoms with Crippen LogP contribution in [0.25, 0.3) is 21.9 Å². The molecule has 0 bridgehead atoms. The van der Waals surface area contributed by atoms with Crippen molar-refractivity contribution in [2.75, 3.05) is 30.1 Å². The molecule has 2 aromatic heterocycles. The van der Waals surface area contributed by atoms with Gasteiger partial charge < -0.3 is 20.9 Å². The molecule has 4 aromatic rings. The van der Waals surface area contributed by atoms with Crippen molar-refractivity contribution in [3.8, 4) is 0 Å². The number of imidazole rings is 1. The summed E-state index contributed by atoms with van der Waals surface area (Å²) < 4.78 is 48.3. The molecule has 1 amide bonds. The average Bonchev–Trinajstić information content (AvgIpc) is 3.56. The van der Waals surface area contributed by atoms with E-state index in [2.05, 4.69) is 25.3 Å². The fourth-order valence-corrected chi connectivity index (χ4v) is 7.06. The Morgan fingerprint density at radius 3 is 2.62 bits per heavy atom. The quantitative estimate of drug-likeness (QED) is 0.242. The summed E-state index contributed by atoms with van der Waals surface area (Å²) in [6.45, 7) is 0.350. The summed E-state index contributed by atoms with van der Waals surface area (Å²) in [6, 6.07) is 7.03. The number of amides is 1. The molecule has 224 valence electrons. The first-order valence-corrected chi connectivity index (χ1v) is 17.8. The molecule has 1 saturated heterocycles. The predicted octanol–water partition coefficient (Wildman–Crippen LogP) is 3.33. The zero-order valence-electron chi connectivity index (χ0n) is 22.7. The van der Waals surface area contributed by atoms with E-state index in [-0.39, 0.29) is 22.8 Å². The minimum absolute atomic E-state index is 0.114. The number of hydrogen-bond acceptors (Lipinski definition) is 10. The summed E-state index contributed by atoms with van der Waals surface area (Å²) in [6.07, 6.45) is 4.79. The van der Waals surface area contributed by atoms with Gasteiger partial charge in [-0.15, -0.1) is 0 Å². The lowest BCUT2D eigenvalue weighted by Gasteiger charge is -2.28. The number of rotatable bonds is 9. The van der Waals surface area contributed by atoms with Crippen LogP contribution in [0.1, 0.15) is 41.5 Å². The van der Waals surface area contributed by atoms with Crippen molar-refractivity contribution in [1.29, 1.82) is 0 Å². The van der Waals surface area contributed by atoms with Gasteiger partial charge in [0.15, 0.2) is 9.84 Å². The minimum Gasteiger partial charge on any atom is -0.359 e. The molecule has 0 saturated carbocycles. The lowest BCUT2D eigenvalue weighted by atomic mass is 10.1. The highest BCUT2D eigenvalue weighted by Crippen LogP contribution is 2.33. The number of aromatic amines is 1. The number of sulfone groups is 2. The van der Waals surface area contributed by atoms with Gasteiger partial charge in [0.05, 0.1) is 45.0 Å². The molecule has 1 aliphatic rings. The number of hydrogen-bond donors (Lipinski definition) is 3. The number of nitrogens with one attached hydrogen (secondary N) is 2. The number of aromatic nitrogens is 4. The van der Waals surface area contributed by atoms with E-state index in [1.807, 2.05) is 0 Å². The second-order valence-electron chi connectivity index (χ2n) is 10.5. The zero-order chi connectivity index (χ0) is 30.4. The van der Waals surface area contributed by atoms with E-state index in [0.29, 0.717) is 58.0 Å². The van der Waals surface area contributed by atoms with Gasteiger partial charge in [-0.2, -0.15) is 0 Å². The van der Waals surface area contributed by atoms with Gasteiger partial charge in [0.1, 0.15) is 33.2 Å². The molecule has 1 unspecified atom stereocenters. The Kier molecular flexibility index (Phi) is 8.38. The lowest BCUT2D eigenvalue weighted by Crippen LogP contribution is -2.50. The van der Waals surface area contributed by atoms with Gasteiger partial charge in [-0.05, 0) is 49.6 Å². The number of carbonyl (C=O) groups is 1. The van der Waals surface area contributed by atoms with Crippen molar-refractivity contribution < 1.29 is 21.6 Å². The van der Waals surface area contributed by atoms with Crippen LogP contribution in [0.15, 0.2) is 36.7 Å². The molecule has 5 rings (SSSR count). The van der Waals surface area contributed by atoms with Crippen molar-refractivity contribution in [1.82, 2.24) is 24.8 Å². The summed E-state index contributed by atoms with van der Waals surface area (Å²) in [5, 5.41) is 3.21. The summed E-state index contributed by atoms with van der Waals surface area (Å²) in [5.74, 6) is 0.291. The minimum atomic E-state index is -3.57. The normalized spacial score (nSPS) is 17.5. The van der Waals surface area contributed by atoms with Crippen LogP contribution in [0.3, 0.4) is 0 Å². The van der Waals surface area contributed by atoms with Crippen molar-refractivity contribution in [2.45, 2.75) is 36.7 Å². The molecule has 1 aliphatic heterocycles. The van der Waals surface area contributed by atoms with E-state index in [9.17, 15) is 21.6 Å². The third-order valence-corrected chi connectivity index (χ3v) is 10.1. The van der Waals surface area contributed by atoms with Crippen LogP contribution in [-0.4, -0.2) is 83.8 Å². The van der Waals surface area contributed by atoms with Crippen LogP contribution < -0.4 is 11.1 Å². The Morgan fingerprint density at radius 2 is 1.90 bits per heavy atom. The number of H-pyrrole nitrogens is 1. The van der Waals surface area contributed by atoms with Crippen LogP contribution in [-0.2, 0) is 19.7 Å². The summed E-state index contributed by atoms with van der Waals surface area (Å²) in [4.78, 5) is 31.5. The molecule has 16 heteroatoms. The zero-order valence-corrected chi connectivity index (χ0v) is 25.9. The number of benzene rings is 2. The van der Waals surface area contributed by atoms with Gasteiger partial charge >= 0.3 is 0 Å². The molecule has 12 nitrogen and oxygen atoms in total. The standard InChI is InChI=1S/C26H29Cl2N7O5S2/c1-41(37,38)9-7-19(25-32-18-6-5-14(27)10-21(18)34-25)33-24-16-11-17(28)15(12-20(16)30-13-31-24)26(36)35-8-3-4-22(35)23(29)42(2,39)40/h5-6,10-13,19,22-23H,3-4,7-9,29H2,1-2H3,(H,32,34)(H,30,31,33)/t19-,22+,23?/m0/s1. The van der Waals surface area contributed by atoms with Crippen LogP contribution in [0.4, 0.5) is 5.82 Å². The maximum atomic E-state index is 13.5. The van der Waals surface area contributed by atoms with Crippen molar-refractivity contribution in [2.24, 2.45) is 5.73 Å². The maximum absolute atomic E-state index is 13.5. The molecule has 3 heterocycles. The van der Waals surface area contributed by atoms with Crippen molar-refractivity contribution >= 4 is 76.5 Å². The fourth-order valence-electron chi connectivity index (χ4n) is 5.12. The molecule has 4 N–H and O–H groups in total. The van der Waals surface area contributed by atoms with Crippen molar-refractivity contribution in [3.63, 3.8) is 0 Å². The van der Waals surface area contributed by atoms with E-state index >= 15 is 0 Å². The van der Waals surface area contributed by atoms with E-state index in [0.717, 1.165) is 12.5 Å². The molecule has 3 atom stereocenters. The molecule has 2 aromatic carbocycles. The van der Waals surface area contributed by atoms with Gasteiger partial charge in [0.25, 0.3) is 5.91 Å². The van der Waals surface area contributed by atoms with Gasteiger partial charge in [-0.1, -0.05) is 23.2 Å². The lowest BCUT2D eigenvalue weighted by molar-refractivity contribution is 0.0734. The first-order valence-electron chi connectivity index (χ1n) is 13.0. The predicted molar refractivity (Wildman–Crippen MR) is 163 cm³/mol. The Labute approximate surface area is 252 Å². The Hall–Kier alpha value is -3.04. The van der Waals surface area contributed by atoms with Gasteiger partial charge in [0, 0.05) is 29.5 Å². The first kappa shape index (κ1) is 30.4. The van der Waals surface area contributed by atoms with E-state index in [1.54, 1.807) is 24.3 Å². The highest BCUT2D eigenvalue weighted by Gasteiger charge is 2.38. The number of likely N-dealkylation sites (tertiary alicyclic amines) is 1. The largest absolute Gasteiger partial charge is 0.359 e. The van der Waals surface area contributed by atoms with E-state index < -0.39 is 43.0 Å². The Balaban J connectivity index is 1.49. The number of halogens is 2. The maximum Gasteiger partial charge on any atom is 0.255 e. The number of nitrogens with two attached hydrogens (primary N) is 1. The number of carbonyl (C=O) groups excluding carboxylic acids is 1. The highest BCUT2D eigenvalue weighted by molar-refractivity contribution is 7.91. The van der Waals surface area contributed by atoms with Crippen LogP contribution >= 0.6 is 23.2 Å². The highest BCUT2D eigenvalue weighted by atomic mass is 35.5. The molecule has 42 heavy (non-hydrogen) atoms. The smallest absolute Gasteiger partial charge is 0.255 e. The van der Waals surface area contributed by atoms with Crippen molar-refractivity contribution in [3.05, 3.63) is 58.1 Å². The number of anilines is 1. The number of fused-ring (bicyclic) bond motifs is 2. The van der Waals surface area contributed by atoms with Gasteiger partial charge in [0.2, 0.25) is 0 Å². The Bertz CT molecular complexity index is 1900. The summed E-state index contributed by atoms with van der Waals surface area (Å²) in [7, 11) is -6.87. The summed E-state index contributed by atoms with van der Waals surface area (Å²) >= 11 is 12.7. The fraction of sp³-hybridized carbons (Fsp3) is 0.385. The Morgan fingerprint density at radius 1 is 1.14 bits per heavy atom. The topological polar surface area (TPSA) is 181 Å². The van der Waals surface area contributed by atoms with Crippen LogP contribution in [0, 0.1) is 0 Å². The SMILES string of the molecule is CS(=O)(=O)CC[C@H](Nc1ncnc2cc(C(=O)N3CCC[C@@H]3C(N)S(C)(=O)=O)c(Cl)cc12)c1nc2ccc(Cl)cc2[nH]1.